The van der Waals surface area contributed by atoms with E-state index >= 15 is 0 Å². The Morgan fingerprint density at radius 1 is 0.400 bits per heavy atom. The average Bonchev–Trinajstić information content (AvgIpc) is 3.22. The molecule has 1 heterocycles. The van der Waals surface area contributed by atoms with Crippen molar-refractivity contribution in [3.63, 3.8) is 0 Å². The van der Waals surface area contributed by atoms with E-state index in [1.54, 1.807) is 0 Å². The van der Waals surface area contributed by atoms with Crippen molar-refractivity contribution in [3.05, 3.63) is 86.5 Å². The lowest BCUT2D eigenvalue weighted by Crippen LogP contribution is -2.36. The lowest BCUT2D eigenvalue weighted by molar-refractivity contribution is 0.169. The van der Waals surface area contributed by atoms with Crippen molar-refractivity contribution in [1.82, 2.24) is 30.7 Å². The monoisotopic (exact) mass is 841 g/mol. The van der Waals surface area contributed by atoms with Crippen LogP contribution in [0.2, 0.25) is 0 Å². The quantitative estimate of drug-likeness (QED) is 0.0720. The second kappa shape index (κ2) is 25.5. The third-order valence-electron chi connectivity index (χ3n) is 11.3. The zero-order valence-corrected chi connectivity index (χ0v) is 35.9. The smallest absolute Gasteiger partial charge is 0.124 e. The van der Waals surface area contributed by atoms with Gasteiger partial charge in [0.15, 0.2) is 0 Å². The Labute approximate surface area is 355 Å². The number of aliphatic hydroxyl groups is 6. The summed E-state index contributed by atoms with van der Waals surface area (Å²) in [6.45, 7) is 11.8. The van der Waals surface area contributed by atoms with Gasteiger partial charge < -0.3 is 61.9 Å². The van der Waals surface area contributed by atoms with Crippen molar-refractivity contribution in [3.8, 4) is 17.2 Å². The molecule has 0 aliphatic carbocycles. The van der Waals surface area contributed by atoms with Crippen LogP contribution in [0.25, 0.3) is 0 Å². The third kappa shape index (κ3) is 15.2. The first-order valence-corrected chi connectivity index (χ1v) is 21.4. The number of aromatic hydroxyl groups is 3. The SMILES string of the molecule is Cc1cc(CNC(CO)CO)c(O)c(CN2CCCN(Cc3cc(C)cc(CNC(CO)CO)c3O)CCCN(Cc3cc(C)cc(CNC(CO)CO)c3O)CCC2)c1. The molecule has 0 spiro atoms. The molecule has 15 heteroatoms. The van der Waals surface area contributed by atoms with Crippen molar-refractivity contribution >= 4 is 0 Å². The molecule has 1 fully saturated rings. The standard InChI is InChI=1S/C45H72N6O9/c1-31-13-34(19-46-40(25-52)26-53)43(58)37(16-31)22-49-7-4-9-50(23-38-17-32(2)14-35(44(38)59)20-47-41(27-54)28-55)11-6-12-51(10-5-8-49)24-39-18-33(3)15-36(45(39)60)21-48-42(29-56)30-57/h13-18,40-42,46-48,52-60H,4-12,19-30H2,1-3H3. The van der Waals surface area contributed by atoms with E-state index in [0.717, 1.165) is 91.9 Å². The van der Waals surface area contributed by atoms with E-state index in [2.05, 4.69) is 30.7 Å². The number of benzene rings is 3. The molecule has 1 aliphatic heterocycles. The Bertz CT molecular complexity index is 1530. The van der Waals surface area contributed by atoms with E-state index in [1.165, 1.54) is 0 Å². The van der Waals surface area contributed by atoms with Gasteiger partial charge in [0.2, 0.25) is 0 Å². The number of phenols is 3. The van der Waals surface area contributed by atoms with Crippen molar-refractivity contribution in [2.75, 3.05) is 78.9 Å². The van der Waals surface area contributed by atoms with E-state index in [-0.39, 0.29) is 56.9 Å². The first kappa shape index (κ1) is 49.2. The number of phenolic OH excluding ortho intramolecular Hbond substituents is 3. The minimum absolute atomic E-state index is 0.200. The van der Waals surface area contributed by atoms with E-state index in [9.17, 15) is 46.0 Å². The summed E-state index contributed by atoms with van der Waals surface area (Å²) < 4.78 is 0. The maximum absolute atomic E-state index is 11.4. The normalized spacial score (nSPS) is 15.6. The molecule has 3 aromatic carbocycles. The van der Waals surface area contributed by atoms with Crippen molar-refractivity contribution < 1.29 is 46.0 Å². The minimum Gasteiger partial charge on any atom is -0.507 e. The molecular formula is C45H72N6O9. The molecule has 336 valence electrons. The third-order valence-corrected chi connectivity index (χ3v) is 11.3. The summed E-state index contributed by atoms with van der Waals surface area (Å²) in [4.78, 5) is 7.10. The van der Waals surface area contributed by atoms with E-state index in [1.807, 2.05) is 57.2 Å². The molecule has 60 heavy (non-hydrogen) atoms. The lowest BCUT2D eigenvalue weighted by Gasteiger charge is -2.31. The number of rotatable bonds is 21. The zero-order valence-electron chi connectivity index (χ0n) is 35.9. The van der Waals surface area contributed by atoms with Crippen LogP contribution in [-0.2, 0) is 39.3 Å². The van der Waals surface area contributed by atoms with Crippen LogP contribution in [0, 0.1) is 20.8 Å². The Morgan fingerprint density at radius 3 is 0.833 bits per heavy atom. The fourth-order valence-electron chi connectivity index (χ4n) is 7.98. The number of hydrogen-bond donors (Lipinski definition) is 12. The highest BCUT2D eigenvalue weighted by Gasteiger charge is 2.21. The van der Waals surface area contributed by atoms with E-state index in [0.29, 0.717) is 56.0 Å². The molecule has 0 atom stereocenters. The van der Waals surface area contributed by atoms with Gasteiger partial charge in [0, 0.05) is 72.6 Å². The van der Waals surface area contributed by atoms with E-state index < -0.39 is 18.1 Å². The molecular weight excluding hydrogens is 769 g/mol. The maximum atomic E-state index is 11.4. The molecule has 1 saturated heterocycles. The van der Waals surface area contributed by atoms with Crippen LogP contribution in [0.15, 0.2) is 36.4 Å². The molecule has 0 bridgehead atoms. The molecule has 0 saturated carbocycles. The van der Waals surface area contributed by atoms with Gasteiger partial charge in [0.05, 0.1) is 57.8 Å². The summed E-state index contributed by atoms with van der Waals surface area (Å²) in [5, 5.41) is 101. The summed E-state index contributed by atoms with van der Waals surface area (Å²) in [7, 11) is 0. The average molecular weight is 841 g/mol. The van der Waals surface area contributed by atoms with Gasteiger partial charge in [-0.05, 0) is 79.3 Å². The van der Waals surface area contributed by atoms with Gasteiger partial charge in [-0.1, -0.05) is 53.1 Å². The number of nitrogens with one attached hydrogen (secondary N) is 3. The summed E-state index contributed by atoms with van der Waals surface area (Å²) >= 11 is 0. The number of nitrogens with zero attached hydrogens (tertiary/aromatic N) is 3. The fourth-order valence-corrected chi connectivity index (χ4v) is 7.98. The molecule has 4 rings (SSSR count). The Kier molecular flexibility index (Phi) is 20.9. The number of aliphatic hydroxyl groups excluding tert-OH is 6. The summed E-state index contributed by atoms with van der Waals surface area (Å²) in [5.74, 6) is 0.600. The second-order valence-electron chi connectivity index (χ2n) is 16.5. The van der Waals surface area contributed by atoms with E-state index in [4.69, 9.17) is 0 Å². The molecule has 0 radical (unpaired) electrons. The predicted octanol–water partition coefficient (Wildman–Crippen LogP) is 1.05. The highest BCUT2D eigenvalue weighted by Crippen LogP contribution is 2.30. The van der Waals surface area contributed by atoms with Crippen LogP contribution in [0.3, 0.4) is 0 Å². The van der Waals surface area contributed by atoms with Gasteiger partial charge in [0.25, 0.3) is 0 Å². The number of aryl methyl sites for hydroxylation is 3. The highest BCUT2D eigenvalue weighted by atomic mass is 16.3. The first-order valence-electron chi connectivity index (χ1n) is 21.4. The summed E-state index contributed by atoms with van der Waals surface area (Å²) in [6, 6.07) is 10.3. The Morgan fingerprint density at radius 2 is 0.617 bits per heavy atom. The molecule has 0 unspecified atom stereocenters. The maximum Gasteiger partial charge on any atom is 0.124 e. The molecule has 1 aliphatic rings. The lowest BCUT2D eigenvalue weighted by atomic mass is 10.0. The van der Waals surface area contributed by atoms with Gasteiger partial charge in [-0.2, -0.15) is 0 Å². The van der Waals surface area contributed by atoms with Gasteiger partial charge in [-0.25, -0.2) is 0 Å². The molecule has 12 N–H and O–H groups in total. The van der Waals surface area contributed by atoms with Crippen molar-refractivity contribution in [2.45, 2.75) is 97.4 Å². The highest BCUT2D eigenvalue weighted by molar-refractivity contribution is 5.45. The molecule has 0 amide bonds. The van der Waals surface area contributed by atoms with Gasteiger partial charge >= 0.3 is 0 Å². The topological polar surface area (TPSA) is 228 Å². The van der Waals surface area contributed by atoms with Gasteiger partial charge in [-0.15, -0.1) is 0 Å². The second-order valence-corrected chi connectivity index (χ2v) is 16.5. The summed E-state index contributed by atoms with van der Waals surface area (Å²) in [5.41, 5.74) is 7.54. The van der Waals surface area contributed by atoms with Gasteiger partial charge in [0.1, 0.15) is 17.2 Å². The Hall–Kier alpha value is -3.42. The van der Waals surface area contributed by atoms with Crippen molar-refractivity contribution in [2.24, 2.45) is 0 Å². The van der Waals surface area contributed by atoms with Crippen LogP contribution in [0.4, 0.5) is 0 Å². The fraction of sp³-hybridized carbons (Fsp3) is 0.600. The Balaban J connectivity index is 1.59. The van der Waals surface area contributed by atoms with Gasteiger partial charge in [-0.3, -0.25) is 14.7 Å². The molecule has 0 aromatic heterocycles. The van der Waals surface area contributed by atoms with Crippen LogP contribution >= 0.6 is 0 Å². The largest absolute Gasteiger partial charge is 0.507 e. The first-order chi connectivity index (χ1) is 28.9. The van der Waals surface area contributed by atoms with Crippen LogP contribution in [0.1, 0.15) is 69.3 Å². The molecule has 3 aromatic rings. The summed E-state index contributed by atoms with van der Waals surface area (Å²) in [6.07, 6.45) is 2.57. The van der Waals surface area contributed by atoms with Crippen LogP contribution < -0.4 is 16.0 Å². The van der Waals surface area contributed by atoms with Crippen LogP contribution in [0.5, 0.6) is 17.2 Å². The number of hydrogen-bond acceptors (Lipinski definition) is 15. The minimum atomic E-state index is -0.487. The zero-order chi connectivity index (χ0) is 43.6. The predicted molar refractivity (Wildman–Crippen MR) is 233 cm³/mol. The molecule has 15 nitrogen and oxygen atoms in total. The van der Waals surface area contributed by atoms with Crippen LogP contribution in [-0.4, -0.2) is 158 Å². The van der Waals surface area contributed by atoms with Crippen molar-refractivity contribution in [1.29, 1.82) is 0 Å².